The number of rotatable bonds is 8. The highest BCUT2D eigenvalue weighted by molar-refractivity contribution is 6.08. The first-order chi connectivity index (χ1) is 14.3. The maximum Gasteiger partial charge on any atom is 0.327 e. The van der Waals surface area contributed by atoms with Crippen molar-refractivity contribution in [1.29, 1.82) is 0 Å². The van der Waals surface area contributed by atoms with Crippen molar-refractivity contribution in [2.45, 2.75) is 50.7 Å². The fraction of sp³-hybridized carbons (Fsp3) is 0.524. The minimum Gasteiger partial charge on any atom is -0.497 e. The number of hydrogen-bond donors (Lipinski definition) is 2. The quantitative estimate of drug-likeness (QED) is 0.485. The number of ether oxygens (including phenoxy) is 2. The molecule has 162 valence electrons. The number of benzene rings is 1. The molecule has 0 radical (unpaired) electrons. The minimum absolute atomic E-state index is 0.378. The second kappa shape index (κ2) is 9.15. The number of urea groups is 1. The number of nitrogens with zero attached hydrogens (tertiary/aromatic N) is 1. The lowest BCUT2D eigenvalue weighted by Crippen LogP contribution is -2.45. The number of carbonyl (C=O) groups is 4. The van der Waals surface area contributed by atoms with Gasteiger partial charge >= 0.3 is 12.0 Å². The predicted octanol–water partition coefficient (Wildman–Crippen LogP) is 1.15. The van der Waals surface area contributed by atoms with E-state index in [1.54, 1.807) is 7.11 Å². The largest absolute Gasteiger partial charge is 0.497 e. The molecule has 1 saturated carbocycles. The average molecular weight is 417 g/mol. The van der Waals surface area contributed by atoms with Crippen LogP contribution in [-0.4, -0.2) is 60.6 Å². The zero-order valence-electron chi connectivity index (χ0n) is 17.2. The van der Waals surface area contributed by atoms with Gasteiger partial charge in [0.1, 0.15) is 17.8 Å². The number of hydrogen-bond acceptors (Lipinski definition) is 6. The summed E-state index contributed by atoms with van der Waals surface area (Å²) >= 11 is 0. The zero-order chi connectivity index (χ0) is 21.7. The van der Waals surface area contributed by atoms with Crippen LogP contribution in [0, 0.1) is 0 Å². The first-order valence-electron chi connectivity index (χ1n) is 10.1. The topological polar surface area (TPSA) is 114 Å². The molecule has 3 rings (SSSR count). The molecule has 2 fully saturated rings. The summed E-state index contributed by atoms with van der Waals surface area (Å²) in [5.41, 5.74) is 0.155. The SMILES string of the molecule is COc1ccc(CCNC(=O)[C@H](C)OC(=O)CN2C(=O)NC3(CCCC3)C2=O)cc1. The lowest BCUT2D eigenvalue weighted by atomic mass is 9.98. The van der Waals surface area contributed by atoms with Crippen molar-refractivity contribution in [2.24, 2.45) is 0 Å². The Bertz CT molecular complexity index is 817. The van der Waals surface area contributed by atoms with Gasteiger partial charge in [0.2, 0.25) is 0 Å². The molecule has 1 spiro atoms. The van der Waals surface area contributed by atoms with E-state index in [0.717, 1.165) is 29.1 Å². The third-order valence-electron chi connectivity index (χ3n) is 5.54. The number of amides is 4. The molecule has 0 bridgehead atoms. The Morgan fingerprint density at radius 1 is 1.20 bits per heavy atom. The molecule has 1 aliphatic heterocycles. The van der Waals surface area contributed by atoms with Gasteiger partial charge in [-0.15, -0.1) is 0 Å². The summed E-state index contributed by atoms with van der Waals surface area (Å²) in [6.45, 7) is 1.32. The Labute approximate surface area is 175 Å². The van der Waals surface area contributed by atoms with Gasteiger partial charge in [-0.05, 0) is 43.9 Å². The van der Waals surface area contributed by atoms with Gasteiger partial charge in [-0.3, -0.25) is 19.3 Å². The van der Waals surface area contributed by atoms with Gasteiger partial charge in [-0.25, -0.2) is 4.79 Å². The van der Waals surface area contributed by atoms with Crippen molar-refractivity contribution < 1.29 is 28.7 Å². The molecule has 0 aromatic heterocycles. The third-order valence-corrected chi connectivity index (χ3v) is 5.54. The second-order valence-corrected chi connectivity index (χ2v) is 7.63. The lowest BCUT2D eigenvalue weighted by molar-refractivity contribution is -0.156. The number of methoxy groups -OCH3 is 1. The molecule has 1 atom stereocenters. The van der Waals surface area contributed by atoms with E-state index in [-0.39, 0.29) is 0 Å². The van der Waals surface area contributed by atoms with Crippen LogP contribution in [0.4, 0.5) is 4.79 Å². The van der Waals surface area contributed by atoms with Crippen molar-refractivity contribution in [3.05, 3.63) is 29.8 Å². The first-order valence-corrected chi connectivity index (χ1v) is 10.1. The van der Waals surface area contributed by atoms with Crippen molar-refractivity contribution in [1.82, 2.24) is 15.5 Å². The highest BCUT2D eigenvalue weighted by Gasteiger charge is 2.52. The fourth-order valence-corrected chi connectivity index (χ4v) is 3.82. The van der Waals surface area contributed by atoms with Crippen LogP contribution in [-0.2, 0) is 25.5 Å². The van der Waals surface area contributed by atoms with Crippen LogP contribution < -0.4 is 15.4 Å². The summed E-state index contributed by atoms with van der Waals surface area (Å²) in [6, 6.07) is 6.91. The van der Waals surface area contributed by atoms with Crippen LogP contribution >= 0.6 is 0 Å². The molecular weight excluding hydrogens is 390 g/mol. The normalized spacial score (nSPS) is 18.3. The molecule has 9 heteroatoms. The monoisotopic (exact) mass is 417 g/mol. The molecule has 2 N–H and O–H groups in total. The van der Waals surface area contributed by atoms with E-state index >= 15 is 0 Å². The molecule has 1 heterocycles. The number of carbonyl (C=O) groups excluding carboxylic acids is 4. The summed E-state index contributed by atoms with van der Waals surface area (Å²) in [7, 11) is 1.59. The molecule has 9 nitrogen and oxygen atoms in total. The highest BCUT2D eigenvalue weighted by atomic mass is 16.5. The Morgan fingerprint density at radius 3 is 2.50 bits per heavy atom. The van der Waals surface area contributed by atoms with Gasteiger partial charge in [-0.1, -0.05) is 25.0 Å². The van der Waals surface area contributed by atoms with Crippen molar-refractivity contribution in [3.63, 3.8) is 0 Å². The molecule has 1 aromatic carbocycles. The van der Waals surface area contributed by atoms with E-state index < -0.39 is 42.0 Å². The van der Waals surface area contributed by atoms with Crippen molar-refractivity contribution >= 4 is 23.8 Å². The standard InChI is InChI=1S/C21H27N3O6/c1-14(18(26)22-12-9-15-5-7-16(29-2)8-6-15)30-17(25)13-24-19(27)21(23-20(24)28)10-3-4-11-21/h5-8,14H,3-4,9-13H2,1-2H3,(H,22,26)(H,23,28)/t14-/m0/s1. The lowest BCUT2D eigenvalue weighted by Gasteiger charge is -2.20. The Kier molecular flexibility index (Phi) is 6.59. The van der Waals surface area contributed by atoms with Crippen LogP contribution in [0.3, 0.4) is 0 Å². The second-order valence-electron chi connectivity index (χ2n) is 7.63. The molecule has 1 saturated heterocycles. The number of esters is 1. The van der Waals surface area contributed by atoms with E-state index in [4.69, 9.17) is 9.47 Å². The van der Waals surface area contributed by atoms with Crippen molar-refractivity contribution in [2.75, 3.05) is 20.2 Å². The van der Waals surface area contributed by atoms with Crippen LogP contribution in [0.15, 0.2) is 24.3 Å². The summed E-state index contributed by atoms with van der Waals surface area (Å²) in [4.78, 5) is 49.9. The number of imide groups is 1. The van der Waals surface area contributed by atoms with Gasteiger partial charge in [0.25, 0.3) is 11.8 Å². The van der Waals surface area contributed by atoms with Crippen LogP contribution in [0.25, 0.3) is 0 Å². The minimum atomic E-state index is -1.03. The molecule has 1 aliphatic carbocycles. The summed E-state index contributed by atoms with van der Waals surface area (Å²) in [6.07, 6.45) is 2.46. The zero-order valence-corrected chi connectivity index (χ0v) is 17.2. The highest BCUT2D eigenvalue weighted by Crippen LogP contribution is 2.34. The summed E-state index contributed by atoms with van der Waals surface area (Å²) in [5.74, 6) is -0.876. The Morgan fingerprint density at radius 2 is 1.87 bits per heavy atom. The molecule has 1 aromatic rings. The van der Waals surface area contributed by atoms with Crippen LogP contribution in [0.5, 0.6) is 5.75 Å². The van der Waals surface area contributed by atoms with E-state index in [9.17, 15) is 19.2 Å². The maximum absolute atomic E-state index is 12.6. The van der Waals surface area contributed by atoms with Gasteiger partial charge < -0.3 is 20.1 Å². The Balaban J connectivity index is 1.42. The van der Waals surface area contributed by atoms with E-state index in [2.05, 4.69) is 10.6 Å². The van der Waals surface area contributed by atoms with Gasteiger partial charge in [0.15, 0.2) is 6.10 Å². The predicted molar refractivity (Wildman–Crippen MR) is 107 cm³/mol. The van der Waals surface area contributed by atoms with Gasteiger partial charge in [0.05, 0.1) is 7.11 Å². The summed E-state index contributed by atoms with van der Waals surface area (Å²) in [5, 5.41) is 5.41. The van der Waals surface area contributed by atoms with Crippen molar-refractivity contribution in [3.8, 4) is 5.75 Å². The maximum atomic E-state index is 12.6. The van der Waals surface area contributed by atoms with E-state index in [1.165, 1.54) is 6.92 Å². The molecular formula is C21H27N3O6. The number of nitrogens with one attached hydrogen (secondary N) is 2. The molecule has 2 aliphatic rings. The van der Waals surface area contributed by atoms with E-state index in [0.29, 0.717) is 25.8 Å². The summed E-state index contributed by atoms with van der Waals surface area (Å²) < 4.78 is 10.2. The molecule has 4 amide bonds. The average Bonchev–Trinajstić information content (AvgIpc) is 3.29. The first kappa shape index (κ1) is 21.6. The van der Waals surface area contributed by atoms with Crippen LogP contribution in [0.1, 0.15) is 38.2 Å². The third kappa shape index (κ3) is 4.72. The molecule has 0 unspecified atom stereocenters. The Hall–Kier alpha value is -3.10. The fourth-order valence-electron chi connectivity index (χ4n) is 3.82. The van der Waals surface area contributed by atoms with Gasteiger partial charge in [-0.2, -0.15) is 0 Å². The van der Waals surface area contributed by atoms with Gasteiger partial charge in [0, 0.05) is 6.54 Å². The van der Waals surface area contributed by atoms with Crippen LogP contribution in [0.2, 0.25) is 0 Å². The molecule has 30 heavy (non-hydrogen) atoms. The smallest absolute Gasteiger partial charge is 0.327 e. The van der Waals surface area contributed by atoms with E-state index in [1.807, 2.05) is 24.3 Å².